The second-order valence-electron chi connectivity index (χ2n) is 6.67. The smallest absolute Gasteiger partial charge is 0.322 e. The number of aromatic nitrogens is 4. The normalized spacial score (nSPS) is 14.7. The number of allylic oxidation sites excluding steroid dienone is 1. The second-order valence-corrected chi connectivity index (χ2v) is 6.67. The Labute approximate surface area is 164 Å². The third-order valence-electron chi connectivity index (χ3n) is 4.46. The number of anilines is 1. The molecule has 6 nitrogen and oxygen atoms in total. The van der Waals surface area contributed by atoms with Crippen LogP contribution < -0.4 is 5.32 Å². The lowest BCUT2D eigenvalue weighted by atomic mass is 10.1. The van der Waals surface area contributed by atoms with Crippen molar-refractivity contribution in [3.63, 3.8) is 0 Å². The first kappa shape index (κ1) is 18.9. The number of nitrogens with one attached hydrogen (secondary N) is 1. The number of halogens is 3. The summed E-state index contributed by atoms with van der Waals surface area (Å²) in [6.07, 6.45) is -2.03. The van der Waals surface area contributed by atoms with E-state index < -0.39 is 17.7 Å². The molecule has 1 aliphatic carbocycles. The number of alkyl halides is 3. The summed E-state index contributed by atoms with van der Waals surface area (Å²) in [5.41, 5.74) is 0.0546. The summed E-state index contributed by atoms with van der Waals surface area (Å²) in [6.45, 7) is 0. The van der Waals surface area contributed by atoms with Crippen LogP contribution in [0.3, 0.4) is 0 Å². The van der Waals surface area contributed by atoms with E-state index in [-0.39, 0.29) is 5.56 Å². The van der Waals surface area contributed by atoms with Gasteiger partial charge in [-0.1, -0.05) is 30.3 Å². The Kier molecular flexibility index (Phi) is 4.87. The number of tetrazole rings is 1. The molecule has 1 heterocycles. The molecule has 3 aromatic rings. The SMILES string of the molecule is O=C(/C=C(\c1ccccc1)C(F)(F)F)Nc1ccc(-c2nnnn2C2CC2)cc1. The van der Waals surface area contributed by atoms with Crippen molar-refractivity contribution in [2.75, 3.05) is 5.32 Å². The average molecular weight is 399 g/mol. The maximum atomic E-state index is 13.4. The quantitative estimate of drug-likeness (QED) is 0.651. The highest BCUT2D eigenvalue weighted by atomic mass is 19.4. The van der Waals surface area contributed by atoms with Gasteiger partial charge in [-0.15, -0.1) is 5.10 Å². The van der Waals surface area contributed by atoms with Gasteiger partial charge in [0, 0.05) is 17.3 Å². The zero-order valence-electron chi connectivity index (χ0n) is 15.1. The number of benzene rings is 2. The molecule has 0 spiro atoms. The minimum atomic E-state index is -4.65. The summed E-state index contributed by atoms with van der Waals surface area (Å²) in [4.78, 5) is 12.2. The van der Waals surface area contributed by atoms with Gasteiger partial charge in [0.05, 0.1) is 11.6 Å². The topological polar surface area (TPSA) is 72.7 Å². The fourth-order valence-electron chi connectivity index (χ4n) is 2.91. The van der Waals surface area contributed by atoms with Crippen molar-refractivity contribution in [1.82, 2.24) is 20.2 Å². The molecular weight excluding hydrogens is 383 g/mol. The molecule has 0 atom stereocenters. The highest BCUT2D eigenvalue weighted by molar-refractivity contribution is 6.04. The molecule has 2 aromatic carbocycles. The first-order valence-corrected chi connectivity index (χ1v) is 8.95. The van der Waals surface area contributed by atoms with Crippen LogP contribution in [0.2, 0.25) is 0 Å². The summed E-state index contributed by atoms with van der Waals surface area (Å²) in [7, 11) is 0. The molecule has 1 N–H and O–H groups in total. The number of amides is 1. The van der Waals surface area contributed by atoms with E-state index in [1.165, 1.54) is 24.3 Å². The number of nitrogens with zero attached hydrogens (tertiary/aromatic N) is 4. The fourth-order valence-corrected chi connectivity index (χ4v) is 2.91. The van der Waals surface area contributed by atoms with Crippen molar-refractivity contribution in [3.8, 4) is 11.4 Å². The summed E-state index contributed by atoms with van der Waals surface area (Å²) >= 11 is 0. The number of hydrogen-bond acceptors (Lipinski definition) is 4. The summed E-state index contributed by atoms with van der Waals surface area (Å²) in [5.74, 6) is -0.245. The Morgan fingerprint density at radius 3 is 2.38 bits per heavy atom. The van der Waals surface area contributed by atoms with Crippen LogP contribution in [0, 0.1) is 0 Å². The van der Waals surface area contributed by atoms with Crippen molar-refractivity contribution >= 4 is 17.2 Å². The van der Waals surface area contributed by atoms with E-state index in [2.05, 4.69) is 20.8 Å². The molecule has 9 heteroatoms. The standard InChI is InChI=1S/C20H16F3N5O/c21-20(22,23)17(13-4-2-1-3-5-13)12-18(29)24-15-8-6-14(7-9-15)19-25-26-27-28(19)16-10-11-16/h1-9,12,16H,10-11H2,(H,24,29)/b17-12+. The van der Waals surface area contributed by atoms with Gasteiger partial charge in [-0.3, -0.25) is 4.79 Å². The van der Waals surface area contributed by atoms with Crippen molar-refractivity contribution in [1.29, 1.82) is 0 Å². The predicted molar refractivity (Wildman–Crippen MR) is 101 cm³/mol. The highest BCUT2D eigenvalue weighted by Crippen LogP contribution is 2.37. The van der Waals surface area contributed by atoms with E-state index in [1.807, 2.05) is 0 Å². The third-order valence-corrected chi connectivity index (χ3v) is 4.46. The first-order chi connectivity index (χ1) is 13.9. The number of hydrogen-bond donors (Lipinski definition) is 1. The molecule has 29 heavy (non-hydrogen) atoms. The van der Waals surface area contributed by atoms with Gasteiger partial charge in [-0.25, -0.2) is 4.68 Å². The molecule has 1 saturated carbocycles. The lowest BCUT2D eigenvalue weighted by molar-refractivity contribution is -0.112. The van der Waals surface area contributed by atoms with Crippen LogP contribution in [-0.4, -0.2) is 32.3 Å². The van der Waals surface area contributed by atoms with Gasteiger partial charge >= 0.3 is 6.18 Å². The molecule has 0 aliphatic heterocycles. The van der Waals surface area contributed by atoms with Gasteiger partial charge in [-0.2, -0.15) is 13.2 Å². The predicted octanol–water partition coefficient (Wildman–Crippen LogP) is 4.26. The van der Waals surface area contributed by atoms with E-state index in [0.717, 1.165) is 18.4 Å². The van der Waals surface area contributed by atoms with Crippen molar-refractivity contribution < 1.29 is 18.0 Å². The molecule has 0 unspecified atom stereocenters. The Bertz CT molecular complexity index is 1040. The van der Waals surface area contributed by atoms with E-state index in [4.69, 9.17) is 0 Å². The van der Waals surface area contributed by atoms with Gasteiger partial charge < -0.3 is 5.32 Å². The van der Waals surface area contributed by atoms with Crippen LogP contribution in [-0.2, 0) is 4.79 Å². The Morgan fingerprint density at radius 1 is 1.07 bits per heavy atom. The first-order valence-electron chi connectivity index (χ1n) is 8.95. The number of carbonyl (C=O) groups excluding carboxylic acids is 1. The van der Waals surface area contributed by atoms with Gasteiger partial charge in [0.2, 0.25) is 5.91 Å². The number of rotatable bonds is 5. The highest BCUT2D eigenvalue weighted by Gasteiger charge is 2.35. The van der Waals surface area contributed by atoms with Crippen LogP contribution in [0.15, 0.2) is 60.7 Å². The largest absolute Gasteiger partial charge is 0.417 e. The van der Waals surface area contributed by atoms with Crippen molar-refractivity contribution in [2.24, 2.45) is 0 Å². The Hall–Kier alpha value is -3.49. The van der Waals surface area contributed by atoms with E-state index >= 15 is 0 Å². The fraction of sp³-hybridized carbons (Fsp3) is 0.200. The molecular formula is C20H16F3N5O. The van der Waals surface area contributed by atoms with Gasteiger partial charge in [0.1, 0.15) is 0 Å². The lowest BCUT2D eigenvalue weighted by Crippen LogP contribution is -2.16. The molecule has 1 aliphatic rings. The Balaban J connectivity index is 1.52. The molecule has 0 radical (unpaired) electrons. The molecule has 1 amide bonds. The van der Waals surface area contributed by atoms with Gasteiger partial charge in [-0.05, 0) is 53.1 Å². The molecule has 148 valence electrons. The van der Waals surface area contributed by atoms with Crippen LogP contribution in [0.4, 0.5) is 18.9 Å². The summed E-state index contributed by atoms with van der Waals surface area (Å²) in [5, 5.41) is 14.2. The second kappa shape index (κ2) is 7.50. The maximum Gasteiger partial charge on any atom is 0.417 e. The monoisotopic (exact) mass is 399 g/mol. The molecule has 1 fully saturated rings. The van der Waals surface area contributed by atoms with Crippen LogP contribution in [0.1, 0.15) is 24.4 Å². The van der Waals surface area contributed by atoms with Crippen LogP contribution in [0.25, 0.3) is 17.0 Å². The molecule has 0 bridgehead atoms. The zero-order chi connectivity index (χ0) is 20.4. The summed E-state index contributed by atoms with van der Waals surface area (Å²) < 4.78 is 41.8. The summed E-state index contributed by atoms with van der Waals surface area (Å²) in [6, 6.07) is 14.1. The van der Waals surface area contributed by atoms with Gasteiger partial charge in [0.15, 0.2) is 5.82 Å². The zero-order valence-corrected chi connectivity index (χ0v) is 15.1. The van der Waals surface area contributed by atoms with E-state index in [0.29, 0.717) is 23.6 Å². The minimum absolute atomic E-state index is 0.0718. The Morgan fingerprint density at radius 2 is 1.76 bits per heavy atom. The molecule has 4 rings (SSSR count). The van der Waals surface area contributed by atoms with Crippen LogP contribution >= 0.6 is 0 Å². The third kappa shape index (κ3) is 4.34. The van der Waals surface area contributed by atoms with Gasteiger partial charge in [0.25, 0.3) is 0 Å². The lowest BCUT2D eigenvalue weighted by Gasteiger charge is -2.12. The van der Waals surface area contributed by atoms with E-state index in [9.17, 15) is 18.0 Å². The molecule has 0 saturated heterocycles. The van der Waals surface area contributed by atoms with E-state index in [1.54, 1.807) is 35.0 Å². The average Bonchev–Trinajstić information content (AvgIpc) is 3.43. The van der Waals surface area contributed by atoms with Crippen LogP contribution in [0.5, 0.6) is 0 Å². The molecule has 1 aromatic heterocycles. The minimum Gasteiger partial charge on any atom is -0.322 e. The van der Waals surface area contributed by atoms with Crippen molar-refractivity contribution in [2.45, 2.75) is 25.1 Å². The number of carbonyl (C=O) groups is 1. The van der Waals surface area contributed by atoms with Crippen molar-refractivity contribution in [3.05, 3.63) is 66.2 Å². The maximum absolute atomic E-state index is 13.4.